The van der Waals surface area contributed by atoms with Crippen molar-refractivity contribution in [1.29, 1.82) is 21.0 Å². The van der Waals surface area contributed by atoms with Crippen LogP contribution in [0.3, 0.4) is 0 Å². The van der Waals surface area contributed by atoms with Crippen LogP contribution in [-0.2, 0) is 7.05 Å². The summed E-state index contributed by atoms with van der Waals surface area (Å²) in [6.45, 7) is 62.1. The van der Waals surface area contributed by atoms with Gasteiger partial charge in [0.2, 0.25) is 0 Å². The molecule has 0 fully saturated rings. The third-order valence-electron chi connectivity index (χ3n) is 13.7. The molecule has 544 valence electrons. The van der Waals surface area contributed by atoms with Crippen LogP contribution in [-0.4, -0.2) is 28.3 Å². The molecule has 0 aliphatic rings. The lowest BCUT2D eigenvalue weighted by atomic mass is 10.1. The molecule has 104 heavy (non-hydrogen) atoms. The Kier molecular flexibility index (Phi) is 36.3. The van der Waals surface area contributed by atoms with Crippen LogP contribution in [0.25, 0.3) is 111 Å². The number of rotatable bonds is 10. The summed E-state index contributed by atoms with van der Waals surface area (Å²) in [5, 5.41) is 38.8. The van der Waals surface area contributed by atoms with Crippen molar-refractivity contribution in [1.82, 2.24) is 4.57 Å². The van der Waals surface area contributed by atoms with E-state index < -0.39 is 68.8 Å². The number of fused-ring (bicyclic) bond motifs is 8. The van der Waals surface area contributed by atoms with Crippen molar-refractivity contribution in [2.75, 3.05) is 0 Å². The lowest BCUT2D eigenvalue weighted by Gasteiger charge is -2.14. The minimum atomic E-state index is -3.37. The molecule has 0 saturated heterocycles. The third-order valence-corrected chi connectivity index (χ3v) is 23.6. The van der Waals surface area contributed by atoms with Crippen molar-refractivity contribution >= 4 is 163 Å². The first-order chi connectivity index (χ1) is 49.4. The summed E-state index contributed by atoms with van der Waals surface area (Å²) in [5.74, 6) is -13.1. The van der Waals surface area contributed by atoms with Gasteiger partial charge in [-0.1, -0.05) is 119 Å². The van der Waals surface area contributed by atoms with E-state index in [0.29, 0.717) is 27.7 Å². The van der Waals surface area contributed by atoms with Gasteiger partial charge in [-0.3, -0.25) is 0 Å². The van der Waals surface area contributed by atoms with Crippen molar-refractivity contribution in [2.24, 2.45) is 7.05 Å². The maximum atomic E-state index is 14.5. The monoisotopic (exact) mass is 1560 g/mol. The molecule has 0 radical (unpaired) electrons. The Morgan fingerprint density at radius 1 is 0.356 bits per heavy atom. The fourth-order valence-corrected chi connectivity index (χ4v) is 20.0. The normalized spacial score (nSPS) is 11.7. The number of nitrogens with zero attached hydrogens (tertiary/aromatic N) is 9. The zero-order chi connectivity index (χ0) is 79.5. The molecular weight excluding hydrogens is 1480 g/mol. The molecule has 25 heteroatoms. The zero-order valence-corrected chi connectivity index (χ0v) is 68.1. The number of hydrogen-bond acceptors (Lipinski definition) is 12. The first-order valence-corrected chi connectivity index (χ1v) is 39.2. The van der Waals surface area contributed by atoms with Gasteiger partial charge in [0.05, 0.1) is 103 Å². The van der Waals surface area contributed by atoms with E-state index >= 15 is 0 Å². The standard InChI is InChI=1S/C31H19F4N5S4.C14H8S2.2C11H8F2N2S.6C2H6/c1-14-24-28(43-26(14)20-10-8-18(41-20)22(30(3,32)33)16(12-36)38-5)29-25(40(24)7)15(2)27(44-29)21-11-9-19(42-21)23(31(4,34)35)17(13-37)39-6;1-3-7-11-9(5-1)13-14(15-11)10-6-2-4-8-12(10)16-13;2*1-7-4-5-9(16-7)10(11(2,12)13)8(6-14)15-3;6*1-2/h8-11H,1-4,7H3;1-8H;2*4-5H,1-2H3;6*1-2H3/b22-16-,23-17+;;10-8+;10-8-;;;;;;. The SMILES string of the molecule is CC.CC.CC.CC.CC.CC.[C-]#[N+]/C(C#N)=C(/c1ccc(C)s1)C(C)(F)F.[C-]#[N+]/C(C#N)=C(\c1ccc(-c2sc3c4sc(-c5ccc(/C(=C(\C#N)[N+]#[C-])C(C)(F)F)s5)c(C)c4n(C)c3c2C)s1)C(C)(F)F.[C-]#[N+]/C(C#N)=C(\c1ccc(C)s1)C(C)(F)F.c1ccc2c(c1)sc1c3ccccc3sc21. The van der Waals surface area contributed by atoms with Crippen LogP contribution in [0.5, 0.6) is 0 Å². The number of benzene rings is 2. The fraction of sp³-hybridized carbons (Fsp3) is 0.316. The van der Waals surface area contributed by atoms with E-state index in [9.17, 15) is 45.6 Å². The van der Waals surface area contributed by atoms with E-state index in [1.807, 2.05) is 127 Å². The van der Waals surface area contributed by atoms with Crippen LogP contribution in [0, 0.1) is 99.3 Å². The summed E-state index contributed by atoms with van der Waals surface area (Å²) in [7, 11) is 1.94. The molecule has 9 nitrogen and oxygen atoms in total. The van der Waals surface area contributed by atoms with Crippen LogP contribution in [0.4, 0.5) is 35.1 Å². The van der Waals surface area contributed by atoms with E-state index in [0.717, 1.165) is 106 Å². The molecule has 0 saturated carbocycles. The molecular formula is C79H79F8N9S8. The molecule has 0 unspecified atom stereocenters. The molecule has 0 aliphatic carbocycles. The highest BCUT2D eigenvalue weighted by atomic mass is 32.1. The average Bonchev–Trinajstić information content (AvgIpc) is 1.55. The number of nitriles is 4. The predicted molar refractivity (Wildman–Crippen MR) is 432 cm³/mol. The first-order valence-electron chi connectivity index (χ1n) is 32.7. The topological polar surface area (TPSA) is 118 Å². The Hall–Kier alpha value is -9.06. The Bertz CT molecular complexity index is 4850. The summed E-state index contributed by atoms with van der Waals surface area (Å²) in [6, 6.07) is 36.5. The Balaban J connectivity index is 0.000000503. The van der Waals surface area contributed by atoms with Gasteiger partial charge in [-0.15, -0.1) is 90.7 Å². The average molecular weight is 1560 g/mol. The van der Waals surface area contributed by atoms with Gasteiger partial charge in [-0.05, 0) is 99.5 Å². The predicted octanol–water partition coefficient (Wildman–Crippen LogP) is 30.3. The summed E-state index contributed by atoms with van der Waals surface area (Å²) in [5.41, 5.74) is -0.594. The Labute approximate surface area is 637 Å². The van der Waals surface area contributed by atoms with Crippen LogP contribution in [0.2, 0.25) is 0 Å². The Morgan fingerprint density at radius 3 is 0.837 bits per heavy atom. The van der Waals surface area contributed by atoms with E-state index in [1.54, 1.807) is 50.3 Å². The van der Waals surface area contributed by atoms with E-state index in [2.05, 4.69) is 72.5 Å². The number of aryl methyl sites for hydroxylation is 5. The van der Waals surface area contributed by atoms with Crippen molar-refractivity contribution < 1.29 is 35.1 Å². The molecule has 0 aliphatic heterocycles. The van der Waals surface area contributed by atoms with Crippen molar-refractivity contribution in [3.63, 3.8) is 0 Å². The van der Waals surface area contributed by atoms with Crippen molar-refractivity contribution in [3.8, 4) is 43.8 Å². The second-order valence-corrected chi connectivity index (χ2v) is 29.3. The summed E-state index contributed by atoms with van der Waals surface area (Å²) in [4.78, 5) is 17.6. The summed E-state index contributed by atoms with van der Waals surface area (Å²) in [6.07, 6.45) is 0. The minimum absolute atomic E-state index is 0.161. The molecule has 0 N–H and O–H groups in total. The zero-order valence-electron chi connectivity index (χ0n) is 61.6. The summed E-state index contributed by atoms with van der Waals surface area (Å²) < 4.78 is 121. The van der Waals surface area contributed by atoms with E-state index in [4.69, 9.17) is 36.8 Å². The quantitative estimate of drug-likeness (QED) is 0.0770. The second kappa shape index (κ2) is 41.4. The second-order valence-electron chi connectivity index (χ2n) is 20.4. The molecule has 9 aromatic heterocycles. The molecule has 0 amide bonds. The maximum Gasteiger partial charge on any atom is 0.272 e. The van der Waals surface area contributed by atoms with Gasteiger partial charge in [0.1, 0.15) is 0 Å². The number of allylic oxidation sites excluding steroid dienone is 8. The van der Waals surface area contributed by atoms with Crippen molar-refractivity contribution in [2.45, 2.75) is 162 Å². The summed E-state index contributed by atoms with van der Waals surface area (Å²) >= 11 is 11.4. The van der Waals surface area contributed by atoms with Gasteiger partial charge in [0.25, 0.3) is 46.5 Å². The first kappa shape index (κ1) is 91.0. The van der Waals surface area contributed by atoms with Gasteiger partial charge < -0.3 is 4.57 Å². The lowest BCUT2D eigenvalue weighted by Crippen LogP contribution is -2.13. The highest BCUT2D eigenvalue weighted by molar-refractivity contribution is 7.36. The van der Waals surface area contributed by atoms with Gasteiger partial charge in [-0.2, -0.15) is 0 Å². The molecule has 11 aromatic rings. The molecule has 0 atom stereocenters. The minimum Gasteiger partial charge on any atom is -0.342 e. The molecule has 11 rings (SSSR count). The van der Waals surface area contributed by atoms with Crippen LogP contribution >= 0.6 is 90.7 Å². The van der Waals surface area contributed by atoms with Crippen LogP contribution in [0.15, 0.2) is 120 Å². The highest BCUT2D eigenvalue weighted by Crippen LogP contribution is 2.53. The number of halogens is 8. The van der Waals surface area contributed by atoms with Crippen LogP contribution < -0.4 is 0 Å². The van der Waals surface area contributed by atoms with Crippen LogP contribution in [0.1, 0.15) is 151 Å². The smallest absolute Gasteiger partial charge is 0.272 e. The van der Waals surface area contributed by atoms with E-state index in [1.165, 1.54) is 88.6 Å². The number of aromatic nitrogens is 1. The van der Waals surface area contributed by atoms with Gasteiger partial charge in [0, 0.05) is 104 Å². The van der Waals surface area contributed by atoms with Crippen molar-refractivity contribution in [3.05, 3.63) is 206 Å². The highest BCUT2D eigenvalue weighted by Gasteiger charge is 2.37. The van der Waals surface area contributed by atoms with E-state index in [-0.39, 0.29) is 19.5 Å². The maximum absolute atomic E-state index is 14.5. The number of hydrogen-bond donors (Lipinski definition) is 0. The molecule has 0 bridgehead atoms. The number of thiophene rings is 8. The van der Waals surface area contributed by atoms with Gasteiger partial charge >= 0.3 is 0 Å². The number of alkyl halides is 8. The van der Waals surface area contributed by atoms with Gasteiger partial charge in [-0.25, -0.2) is 75.6 Å². The molecule has 0 spiro atoms. The van der Waals surface area contributed by atoms with Gasteiger partial charge in [0.15, 0.2) is 0 Å². The molecule has 2 aromatic carbocycles. The molecule has 9 heterocycles. The largest absolute Gasteiger partial charge is 0.342 e. The Morgan fingerprint density at radius 2 is 0.606 bits per heavy atom. The third kappa shape index (κ3) is 21.1. The fourth-order valence-electron chi connectivity index (χ4n) is 9.90. The lowest BCUT2D eigenvalue weighted by molar-refractivity contribution is 0.0884.